The molecule has 0 aliphatic heterocycles. The maximum absolute atomic E-state index is 13.5. The van der Waals surface area contributed by atoms with E-state index in [1.165, 1.54) is 24.5 Å². The monoisotopic (exact) mass is 257 g/mol. The number of fused-ring (bicyclic) bond motifs is 1. The van der Waals surface area contributed by atoms with Crippen LogP contribution in [0.2, 0.25) is 0 Å². The number of aromatic carboxylic acids is 1. The molecule has 0 saturated carbocycles. The molecule has 94 valence electrons. The molecule has 0 spiro atoms. The lowest BCUT2D eigenvalue weighted by molar-refractivity contribution is 0.0697. The highest BCUT2D eigenvalue weighted by molar-refractivity contribution is 5.96. The van der Waals surface area contributed by atoms with Gasteiger partial charge in [0.05, 0.1) is 11.1 Å². The van der Waals surface area contributed by atoms with Gasteiger partial charge in [-0.1, -0.05) is 12.1 Å². The highest BCUT2D eigenvalue weighted by Crippen LogP contribution is 2.30. The van der Waals surface area contributed by atoms with Gasteiger partial charge in [0.25, 0.3) is 0 Å². The van der Waals surface area contributed by atoms with E-state index >= 15 is 0 Å². The quantitative estimate of drug-likeness (QED) is 0.764. The van der Waals surface area contributed by atoms with Crippen LogP contribution in [0.15, 0.2) is 47.1 Å². The fourth-order valence-electron chi connectivity index (χ4n) is 1.94. The number of rotatable bonds is 2. The summed E-state index contributed by atoms with van der Waals surface area (Å²) in [5.41, 5.74) is 0.498. The molecule has 0 aliphatic carbocycles. The Hall–Kier alpha value is -2.69. The highest BCUT2D eigenvalue weighted by Gasteiger charge is 2.16. The summed E-state index contributed by atoms with van der Waals surface area (Å²) >= 11 is 0. The summed E-state index contributed by atoms with van der Waals surface area (Å²) in [6.45, 7) is 0. The molecule has 2 aromatic heterocycles. The third-order valence-electron chi connectivity index (χ3n) is 2.81. The van der Waals surface area contributed by atoms with Crippen LogP contribution in [-0.4, -0.2) is 16.1 Å². The van der Waals surface area contributed by atoms with Gasteiger partial charge in [-0.05, 0) is 18.2 Å². The normalized spacial score (nSPS) is 10.8. The molecule has 2 heterocycles. The van der Waals surface area contributed by atoms with Gasteiger partial charge in [0.15, 0.2) is 11.4 Å². The van der Waals surface area contributed by atoms with Gasteiger partial charge >= 0.3 is 5.97 Å². The number of hydrogen-bond donors (Lipinski definition) is 1. The number of furan rings is 1. The van der Waals surface area contributed by atoms with Crippen molar-refractivity contribution in [3.05, 3.63) is 54.1 Å². The Morgan fingerprint density at radius 2 is 2.16 bits per heavy atom. The van der Waals surface area contributed by atoms with Gasteiger partial charge in [-0.2, -0.15) is 0 Å². The number of hydrogen-bond acceptors (Lipinski definition) is 3. The van der Waals surface area contributed by atoms with Crippen molar-refractivity contribution in [3.8, 4) is 11.3 Å². The summed E-state index contributed by atoms with van der Waals surface area (Å²) < 4.78 is 18.9. The second kappa shape index (κ2) is 4.20. The molecule has 0 amide bonds. The van der Waals surface area contributed by atoms with Crippen LogP contribution in [0, 0.1) is 5.82 Å². The summed E-state index contributed by atoms with van der Waals surface area (Å²) in [4.78, 5) is 15.0. The first kappa shape index (κ1) is 11.4. The molecule has 1 N–H and O–H groups in total. The van der Waals surface area contributed by atoms with E-state index in [1.807, 2.05) is 0 Å². The first-order valence-electron chi connectivity index (χ1n) is 5.52. The summed E-state index contributed by atoms with van der Waals surface area (Å²) in [6, 6.07) is 7.53. The second-order valence-corrected chi connectivity index (χ2v) is 4.00. The topological polar surface area (TPSA) is 63.3 Å². The van der Waals surface area contributed by atoms with Crippen LogP contribution in [-0.2, 0) is 0 Å². The van der Waals surface area contributed by atoms with Crippen molar-refractivity contribution >= 4 is 16.9 Å². The third kappa shape index (κ3) is 1.85. The highest BCUT2D eigenvalue weighted by atomic mass is 19.1. The standard InChI is InChI=1S/C14H8FNO3/c15-11-3-1-2-8-6-12(19-13(8)11)10-7-16-5-4-9(10)14(17)18/h1-7H,(H,17,18). The minimum Gasteiger partial charge on any atom is -0.478 e. The number of carbonyl (C=O) groups is 1. The molecule has 0 bridgehead atoms. The SMILES string of the molecule is O=C(O)c1ccncc1-c1cc2cccc(F)c2o1. The molecule has 0 radical (unpaired) electrons. The Morgan fingerprint density at radius 3 is 2.89 bits per heavy atom. The molecule has 0 unspecified atom stereocenters. The van der Waals surface area contributed by atoms with Crippen molar-refractivity contribution < 1.29 is 18.7 Å². The lowest BCUT2D eigenvalue weighted by Gasteiger charge is -2.00. The molecule has 0 aliphatic rings. The van der Waals surface area contributed by atoms with Crippen LogP contribution in [0.1, 0.15) is 10.4 Å². The predicted octanol–water partition coefficient (Wildman–Crippen LogP) is 3.33. The van der Waals surface area contributed by atoms with Gasteiger partial charge < -0.3 is 9.52 Å². The fraction of sp³-hybridized carbons (Fsp3) is 0. The van der Waals surface area contributed by atoms with E-state index in [2.05, 4.69) is 4.98 Å². The Balaban J connectivity index is 2.25. The smallest absolute Gasteiger partial charge is 0.336 e. The van der Waals surface area contributed by atoms with Gasteiger partial charge in [-0.15, -0.1) is 0 Å². The predicted molar refractivity (Wildman–Crippen MR) is 66.4 cm³/mol. The number of para-hydroxylation sites is 1. The van der Waals surface area contributed by atoms with Crippen molar-refractivity contribution in [3.63, 3.8) is 0 Å². The molecule has 0 saturated heterocycles. The van der Waals surface area contributed by atoms with E-state index in [9.17, 15) is 9.18 Å². The maximum Gasteiger partial charge on any atom is 0.336 e. The fourth-order valence-corrected chi connectivity index (χ4v) is 1.94. The molecule has 4 nitrogen and oxygen atoms in total. The molecule has 0 fully saturated rings. The van der Waals surface area contributed by atoms with Crippen LogP contribution in [0.5, 0.6) is 0 Å². The van der Waals surface area contributed by atoms with Crippen LogP contribution in [0.3, 0.4) is 0 Å². The summed E-state index contributed by atoms with van der Waals surface area (Å²) in [5.74, 6) is -1.28. The summed E-state index contributed by atoms with van der Waals surface area (Å²) in [6.07, 6.45) is 2.77. The van der Waals surface area contributed by atoms with Crippen LogP contribution in [0.4, 0.5) is 4.39 Å². The Morgan fingerprint density at radius 1 is 1.32 bits per heavy atom. The minimum absolute atomic E-state index is 0.0643. The van der Waals surface area contributed by atoms with Crippen LogP contribution < -0.4 is 0 Å². The summed E-state index contributed by atoms with van der Waals surface area (Å²) in [5, 5.41) is 9.69. The minimum atomic E-state index is -1.08. The van der Waals surface area contributed by atoms with E-state index in [-0.39, 0.29) is 16.9 Å². The van der Waals surface area contributed by atoms with E-state index in [1.54, 1.807) is 18.2 Å². The van der Waals surface area contributed by atoms with Crippen molar-refractivity contribution in [2.45, 2.75) is 0 Å². The Kier molecular flexibility index (Phi) is 2.52. The summed E-state index contributed by atoms with van der Waals surface area (Å²) in [7, 11) is 0. The third-order valence-corrected chi connectivity index (χ3v) is 2.81. The maximum atomic E-state index is 13.5. The molecule has 3 aromatic rings. The van der Waals surface area contributed by atoms with E-state index in [4.69, 9.17) is 9.52 Å². The van der Waals surface area contributed by atoms with Crippen LogP contribution in [0.25, 0.3) is 22.3 Å². The molecule has 1 aromatic carbocycles. The number of pyridine rings is 1. The largest absolute Gasteiger partial charge is 0.478 e. The first-order valence-corrected chi connectivity index (χ1v) is 5.52. The lowest BCUT2D eigenvalue weighted by Crippen LogP contribution is -1.99. The molecule has 0 atom stereocenters. The van der Waals surface area contributed by atoms with Gasteiger partial charge in [0, 0.05) is 17.8 Å². The van der Waals surface area contributed by atoms with Crippen molar-refractivity contribution in [1.29, 1.82) is 0 Å². The molecular weight excluding hydrogens is 249 g/mol. The van der Waals surface area contributed by atoms with E-state index in [0.717, 1.165) is 0 Å². The first-order chi connectivity index (χ1) is 9.16. The number of carboxylic acid groups (broad SMARTS) is 1. The zero-order valence-electron chi connectivity index (χ0n) is 9.63. The lowest BCUT2D eigenvalue weighted by atomic mass is 10.1. The zero-order valence-corrected chi connectivity index (χ0v) is 9.63. The number of halogens is 1. The van der Waals surface area contributed by atoms with Gasteiger partial charge in [0.1, 0.15) is 5.76 Å². The number of benzene rings is 1. The Labute approximate surface area is 107 Å². The van der Waals surface area contributed by atoms with Crippen molar-refractivity contribution in [2.24, 2.45) is 0 Å². The molecular formula is C14H8FNO3. The van der Waals surface area contributed by atoms with Crippen molar-refractivity contribution in [1.82, 2.24) is 4.98 Å². The average Bonchev–Trinajstić information content (AvgIpc) is 2.84. The van der Waals surface area contributed by atoms with Crippen molar-refractivity contribution in [2.75, 3.05) is 0 Å². The van der Waals surface area contributed by atoms with Crippen LogP contribution >= 0.6 is 0 Å². The number of aromatic nitrogens is 1. The number of carboxylic acids is 1. The van der Waals surface area contributed by atoms with Gasteiger partial charge in [-0.3, -0.25) is 4.98 Å². The second-order valence-electron chi connectivity index (χ2n) is 4.00. The molecule has 19 heavy (non-hydrogen) atoms. The Bertz CT molecular complexity index is 779. The average molecular weight is 257 g/mol. The van der Waals surface area contributed by atoms with Gasteiger partial charge in [-0.25, -0.2) is 9.18 Å². The van der Waals surface area contributed by atoms with Gasteiger partial charge in [0.2, 0.25) is 0 Å². The number of nitrogens with zero attached hydrogens (tertiary/aromatic N) is 1. The zero-order chi connectivity index (χ0) is 13.4. The van der Waals surface area contributed by atoms with E-state index < -0.39 is 11.8 Å². The molecule has 5 heteroatoms. The molecule has 3 rings (SSSR count). The van der Waals surface area contributed by atoms with E-state index in [0.29, 0.717) is 10.9 Å².